The second kappa shape index (κ2) is 46.2. The molecule has 0 aliphatic carbocycles. The number of aryl methyl sites for hydroxylation is 4. The van der Waals surface area contributed by atoms with Gasteiger partial charge in [-0.3, -0.25) is 15.0 Å². The molecule has 0 fully saturated rings. The second-order valence-electron chi connectivity index (χ2n) is 42.8. The smallest absolute Gasteiger partial charge is 0.120 e. The minimum atomic E-state index is -2.17. The van der Waals surface area contributed by atoms with Gasteiger partial charge in [-0.2, -0.15) is 0 Å². The van der Waals surface area contributed by atoms with Gasteiger partial charge in [0.15, 0.2) is 0 Å². The van der Waals surface area contributed by atoms with Crippen LogP contribution in [0.3, 0.4) is 0 Å². The summed E-state index contributed by atoms with van der Waals surface area (Å²) in [5.41, 5.74) is 20.3. The predicted molar refractivity (Wildman–Crippen MR) is 614 cm³/mol. The largest absolute Gasteiger partial charge is 0.501 e. The van der Waals surface area contributed by atoms with Crippen molar-refractivity contribution in [3.63, 3.8) is 0 Å². The van der Waals surface area contributed by atoms with E-state index in [1.807, 2.05) is 190 Å². The molecule has 0 bridgehead atoms. The van der Waals surface area contributed by atoms with E-state index >= 15 is 0 Å². The standard InChI is InChI=1S/C26H17N2O.C22H17N2O.C21H15N2O.3C20H28NSi.3Ir/c1-2-9-18(10-3-1)17-28-23-15-6-5-14-22(23)27-26(28)21-13-8-12-20-19-11-4-7-16-24(19)29-25(20)21;1-14(2)24-19-12-5-4-11-18(19)23-22(24)17-10-7-9-16-15-8-3-6-13-20(15)25-21(16)17;1-2-23-18-12-5-4-11-17(18)22-21(23)16-10-7-9-15-14-8-3-6-13-19(14)24-20(15)16;3*1-15-8-10-16(11-9-15)18-12-17(13-20(2,3)4)19(14-21-18)22(5,6)7;;;/h1-12,14-16H,17H2;3-9,11-14H,1-2H3;3-9,11-13H,2H2,1H3;3*8-10,12,14H,13H2,1-7H3;;;/q6*-1;;;/i;;;3*1D3,13D2;;;. The second-order valence-corrected chi connectivity index (χ2v) is 57.9. The molecule has 0 unspecified atom stereocenters. The van der Waals surface area contributed by atoms with E-state index in [9.17, 15) is 0 Å². The van der Waals surface area contributed by atoms with Crippen molar-refractivity contribution in [1.29, 1.82) is 0 Å². The molecule has 13 aromatic carbocycles. The van der Waals surface area contributed by atoms with Crippen LogP contribution in [0, 0.1) is 73.2 Å². The van der Waals surface area contributed by atoms with Crippen molar-refractivity contribution < 1.29 is 94.1 Å². The summed E-state index contributed by atoms with van der Waals surface area (Å²) >= 11 is 0. The van der Waals surface area contributed by atoms with E-state index in [1.165, 1.54) is 23.8 Å². The normalized spacial score (nSPS) is 13.9. The molecule has 0 N–H and O–H groups in total. The van der Waals surface area contributed by atoms with Crippen LogP contribution in [-0.2, 0) is 92.5 Å². The number of hydrogen-bond donors (Lipinski definition) is 0. The number of furan rings is 3. The van der Waals surface area contributed by atoms with Gasteiger partial charge in [-0.15, -0.1) is 161 Å². The average molecular weight is 2530 g/mol. The molecule has 0 spiro atoms. The Labute approximate surface area is 933 Å². The maximum Gasteiger partial charge on any atom is 0.120 e. The minimum Gasteiger partial charge on any atom is -0.501 e. The van der Waals surface area contributed by atoms with Crippen LogP contribution in [0.15, 0.2) is 317 Å². The quantitative estimate of drug-likeness (QED) is 0.0685. The number of rotatable bonds is 16. The zero-order valence-corrected chi connectivity index (χ0v) is 97.3. The monoisotopic (exact) mass is 2530 g/mol. The number of para-hydroxylation sites is 9. The first-order valence-corrected chi connectivity index (χ1v) is 59.6. The summed E-state index contributed by atoms with van der Waals surface area (Å²) in [7, 11) is -5.43. The van der Waals surface area contributed by atoms with Crippen molar-refractivity contribution in [3.05, 3.63) is 379 Å². The Hall–Kier alpha value is -12.3. The number of hydrogen-bond acceptors (Lipinski definition) is 9. The van der Waals surface area contributed by atoms with E-state index in [4.69, 9.17) is 48.8 Å². The first-order valence-electron chi connectivity index (χ1n) is 56.6. The Morgan fingerprint density at radius 3 is 0.980 bits per heavy atom. The van der Waals surface area contributed by atoms with Gasteiger partial charge < -0.3 is 41.9 Å². The van der Waals surface area contributed by atoms with Gasteiger partial charge in [-0.25, -0.2) is 0 Å². The fourth-order valence-electron chi connectivity index (χ4n) is 18.0. The number of pyridine rings is 3. The van der Waals surface area contributed by atoms with Crippen molar-refractivity contribution in [1.82, 2.24) is 43.6 Å². The number of imidazole rings is 3. The molecule has 22 rings (SSSR count). The summed E-state index contributed by atoms with van der Waals surface area (Å²) in [4.78, 5) is 28.4. The van der Waals surface area contributed by atoms with Crippen LogP contribution in [0.4, 0.5) is 0 Å². The molecule has 3 radical (unpaired) electrons. The minimum absolute atomic E-state index is 0. The van der Waals surface area contributed by atoms with Crippen LogP contribution >= 0.6 is 0 Å². The Bertz CT molecular complexity index is 8700. The third kappa shape index (κ3) is 25.8. The molecule has 12 nitrogen and oxygen atoms in total. The maximum atomic E-state index is 8.79. The van der Waals surface area contributed by atoms with Crippen LogP contribution in [0.1, 0.15) is 149 Å². The van der Waals surface area contributed by atoms with E-state index in [0.717, 1.165) is 162 Å². The summed E-state index contributed by atoms with van der Waals surface area (Å²) in [5, 5.41) is 9.68. The van der Waals surface area contributed by atoms with Gasteiger partial charge in [0.1, 0.15) is 16.7 Å². The van der Waals surface area contributed by atoms with Crippen LogP contribution in [0.2, 0.25) is 58.9 Å². The number of aromatic nitrogens is 9. The molecular weight excluding hydrogens is 2380 g/mol. The van der Waals surface area contributed by atoms with Gasteiger partial charge in [0.2, 0.25) is 0 Å². The average Bonchev–Trinajstić information content (AvgIpc) is 1.69. The zero-order chi connectivity index (χ0) is 115. The van der Waals surface area contributed by atoms with Gasteiger partial charge >= 0.3 is 0 Å². The molecule has 757 valence electrons. The van der Waals surface area contributed by atoms with Crippen LogP contribution < -0.4 is 15.6 Å². The summed E-state index contributed by atoms with van der Waals surface area (Å²) in [5.74, 6) is 2.68. The van der Waals surface area contributed by atoms with E-state index in [1.54, 1.807) is 55.0 Å². The summed E-state index contributed by atoms with van der Waals surface area (Å²) in [6.45, 7) is 38.3. The predicted octanol–water partition coefficient (Wildman–Crippen LogP) is 32.8. The number of nitrogens with zero attached hydrogens (tertiary/aromatic N) is 9. The molecule has 9 heterocycles. The molecule has 147 heavy (non-hydrogen) atoms. The third-order valence-electron chi connectivity index (χ3n) is 24.5. The molecule has 0 aliphatic rings. The van der Waals surface area contributed by atoms with Gasteiger partial charge in [0, 0.05) is 135 Å². The molecule has 9 aromatic heterocycles. The van der Waals surface area contributed by atoms with Crippen molar-refractivity contribution in [2.45, 2.75) is 201 Å². The van der Waals surface area contributed by atoms with Crippen molar-refractivity contribution in [2.24, 2.45) is 16.2 Å². The third-order valence-corrected chi connectivity index (χ3v) is 30.6. The molecule has 0 saturated carbocycles. The summed E-state index contributed by atoms with van der Waals surface area (Å²) in [6, 6.07) is 111. The van der Waals surface area contributed by atoms with Crippen LogP contribution in [-0.4, -0.2) is 67.8 Å². The first kappa shape index (κ1) is 91.0. The van der Waals surface area contributed by atoms with E-state index in [2.05, 4.69) is 248 Å². The Morgan fingerprint density at radius 1 is 0.347 bits per heavy atom. The molecule has 22 aromatic rings. The van der Waals surface area contributed by atoms with Gasteiger partial charge in [-0.1, -0.05) is 331 Å². The topological polar surface area (TPSA) is 132 Å². The summed E-state index contributed by atoms with van der Waals surface area (Å²) in [6.07, 6.45) is 0.806. The fraction of sp³-hybridized carbons (Fsp3) is 0.256. The fourth-order valence-corrected chi connectivity index (χ4v) is 22.2. The molecular formula is C129H133Ir3N9O3Si3-6. The van der Waals surface area contributed by atoms with E-state index in [-0.39, 0.29) is 83.0 Å². The molecule has 0 amide bonds. The van der Waals surface area contributed by atoms with Gasteiger partial charge in [0.05, 0.1) is 91.5 Å². The molecule has 0 saturated heterocycles. The Kier molecular flexibility index (Phi) is 28.6. The van der Waals surface area contributed by atoms with Crippen LogP contribution in [0.25, 0.3) is 167 Å². The molecule has 18 heteroatoms. The van der Waals surface area contributed by atoms with Crippen molar-refractivity contribution in [2.75, 3.05) is 0 Å². The zero-order valence-electron chi connectivity index (χ0n) is 102. The molecule has 0 aliphatic heterocycles. The van der Waals surface area contributed by atoms with E-state index < -0.39 is 80.1 Å². The van der Waals surface area contributed by atoms with Crippen molar-refractivity contribution >= 4 is 139 Å². The molecule has 0 atom stereocenters. The maximum absolute atomic E-state index is 8.79. The van der Waals surface area contributed by atoms with Crippen LogP contribution in [0.5, 0.6) is 0 Å². The van der Waals surface area contributed by atoms with Gasteiger partial charge in [-0.05, 0) is 149 Å². The first-order chi connectivity index (χ1) is 74.6. The summed E-state index contributed by atoms with van der Waals surface area (Å²) < 4.78 is 145. The number of benzene rings is 13. The number of fused-ring (bicyclic) bond motifs is 12. The SMILES string of the molecule is CC(C)n1c(-c2[c-]ccc3c2oc2ccccc23)nc2ccccc21.CCn1c(-c2[c-]ccc3c2oc2ccccc23)nc2ccccc21.[2H]C([2H])([2H])c1c[c-]c(-c2cc(C([2H])([2H])C(C)(C)C)c([Si](C)(C)C)cn2)cc1.[2H]C([2H])([2H])c1c[c-]c(-c2cc(C([2H])([2H])C(C)(C)C)c([Si](C)(C)C)cn2)cc1.[2H]C([2H])([2H])c1c[c-]c(-c2cc(C([2H])([2H])C(C)(C)C)c([Si](C)(C)C)cn2)cc1.[Ir].[Ir].[Ir].[c-]1ccc2c(oc3ccccc32)c1-c1nc2ccccc2n1Cc1ccccc1. The van der Waals surface area contributed by atoms with Crippen molar-refractivity contribution in [3.8, 4) is 67.9 Å². The Balaban J connectivity index is 0.000000151. The van der Waals surface area contributed by atoms with Gasteiger partial charge in [0.25, 0.3) is 0 Å². The van der Waals surface area contributed by atoms with E-state index in [0.29, 0.717) is 50.5 Å². The Morgan fingerprint density at radius 2 is 0.653 bits per heavy atom.